The van der Waals surface area contributed by atoms with Crippen LogP contribution in [0.25, 0.3) is 22.3 Å². The third-order valence-electron chi connectivity index (χ3n) is 6.04. The van der Waals surface area contributed by atoms with Crippen molar-refractivity contribution in [2.75, 3.05) is 32.6 Å². The van der Waals surface area contributed by atoms with E-state index in [-0.39, 0.29) is 32.2 Å². The van der Waals surface area contributed by atoms with Gasteiger partial charge in [-0.15, -0.1) is 0 Å². The Morgan fingerprint density at radius 1 is 1.21 bits per heavy atom. The predicted molar refractivity (Wildman–Crippen MR) is 133 cm³/mol. The van der Waals surface area contributed by atoms with Gasteiger partial charge in [-0.3, -0.25) is 4.98 Å². The second-order valence-corrected chi connectivity index (χ2v) is 10.8. The molecule has 9 nitrogen and oxygen atoms in total. The largest absolute Gasteiger partial charge is 0.473 e. The molecule has 0 radical (unpaired) electrons. The van der Waals surface area contributed by atoms with Crippen molar-refractivity contribution in [3.63, 3.8) is 0 Å². The number of hydrogen-bond acceptors (Lipinski definition) is 8. The Bertz CT molecular complexity index is 1320. The third kappa shape index (κ3) is 4.89. The van der Waals surface area contributed by atoms with E-state index in [4.69, 9.17) is 19.2 Å². The number of nitrogens with zero attached hydrogens (tertiary/aromatic N) is 4. The highest BCUT2D eigenvalue weighted by Gasteiger charge is 2.31. The zero-order valence-electron chi connectivity index (χ0n) is 19.3. The molecule has 2 aliphatic rings. The van der Waals surface area contributed by atoms with E-state index in [2.05, 4.69) is 35.9 Å². The van der Waals surface area contributed by atoms with E-state index in [0.29, 0.717) is 42.4 Å². The van der Waals surface area contributed by atoms with Gasteiger partial charge < -0.3 is 14.2 Å². The number of aromatic nitrogens is 3. The molecule has 0 amide bonds. The molecule has 1 saturated heterocycles. The summed E-state index contributed by atoms with van der Waals surface area (Å²) < 4.78 is 42.8. The van der Waals surface area contributed by atoms with Crippen LogP contribution in [0.1, 0.15) is 25.0 Å². The number of morpholine rings is 1. The SMILES string of the molecule is CC1(C)OCc2cc(-c3cc4nccnc4c(OC[C@@H]4CN(S(C)(=O)=O)CCO4)n3)ccc21.S. The fraction of sp³-hybridized carbons (Fsp3) is 0.435. The van der Waals surface area contributed by atoms with Crippen LogP contribution in [0.4, 0.5) is 0 Å². The molecule has 34 heavy (non-hydrogen) atoms. The van der Waals surface area contributed by atoms with Crippen LogP contribution < -0.4 is 4.74 Å². The van der Waals surface area contributed by atoms with Gasteiger partial charge >= 0.3 is 0 Å². The molecule has 4 heterocycles. The zero-order chi connectivity index (χ0) is 23.2. The molecule has 2 aliphatic heterocycles. The summed E-state index contributed by atoms with van der Waals surface area (Å²) in [6, 6.07) is 8.08. The molecule has 11 heteroatoms. The topological polar surface area (TPSA) is 104 Å². The van der Waals surface area contributed by atoms with Crippen LogP contribution in [0.3, 0.4) is 0 Å². The summed E-state index contributed by atoms with van der Waals surface area (Å²) in [4.78, 5) is 13.6. The summed E-state index contributed by atoms with van der Waals surface area (Å²) in [5, 5.41) is 0. The first kappa shape index (κ1) is 24.8. The van der Waals surface area contributed by atoms with Crippen LogP contribution in [0.15, 0.2) is 36.7 Å². The van der Waals surface area contributed by atoms with E-state index < -0.39 is 16.1 Å². The molecule has 5 rings (SSSR count). The van der Waals surface area contributed by atoms with Crippen LogP contribution in [-0.2, 0) is 31.7 Å². The van der Waals surface area contributed by atoms with Crippen molar-refractivity contribution < 1.29 is 22.6 Å². The molecule has 1 atom stereocenters. The van der Waals surface area contributed by atoms with Crippen LogP contribution in [0.5, 0.6) is 5.88 Å². The molecular formula is C23H28N4O5S2. The average molecular weight is 505 g/mol. The van der Waals surface area contributed by atoms with Gasteiger partial charge in [0, 0.05) is 31.0 Å². The van der Waals surface area contributed by atoms with Gasteiger partial charge in [0.15, 0.2) is 5.52 Å². The maximum atomic E-state index is 11.9. The lowest BCUT2D eigenvalue weighted by atomic mass is 9.94. The van der Waals surface area contributed by atoms with Crippen molar-refractivity contribution in [2.45, 2.75) is 32.2 Å². The van der Waals surface area contributed by atoms with E-state index in [1.54, 1.807) is 12.4 Å². The Kier molecular flexibility index (Phi) is 6.85. The summed E-state index contributed by atoms with van der Waals surface area (Å²) in [5.74, 6) is 0.341. The lowest BCUT2D eigenvalue weighted by molar-refractivity contribution is -0.0252. The molecule has 1 fully saturated rings. The number of pyridine rings is 1. The van der Waals surface area contributed by atoms with Crippen molar-refractivity contribution in [1.29, 1.82) is 0 Å². The highest BCUT2D eigenvalue weighted by atomic mass is 32.2. The second kappa shape index (κ2) is 9.38. The Morgan fingerprint density at radius 3 is 2.79 bits per heavy atom. The number of sulfonamides is 1. The van der Waals surface area contributed by atoms with E-state index >= 15 is 0 Å². The van der Waals surface area contributed by atoms with Gasteiger partial charge in [-0.05, 0) is 37.1 Å². The summed E-state index contributed by atoms with van der Waals surface area (Å²) in [6.07, 6.45) is 4.02. The molecule has 0 saturated carbocycles. The van der Waals surface area contributed by atoms with Gasteiger partial charge in [-0.1, -0.05) is 12.1 Å². The van der Waals surface area contributed by atoms with Gasteiger partial charge in [-0.25, -0.2) is 18.4 Å². The second-order valence-electron chi connectivity index (χ2n) is 8.83. The summed E-state index contributed by atoms with van der Waals surface area (Å²) in [6.45, 7) is 5.74. The van der Waals surface area contributed by atoms with Crippen LogP contribution in [0, 0.1) is 0 Å². The van der Waals surface area contributed by atoms with Crippen molar-refractivity contribution in [3.05, 3.63) is 47.8 Å². The van der Waals surface area contributed by atoms with Crippen LogP contribution in [-0.4, -0.2) is 66.3 Å². The lowest BCUT2D eigenvalue weighted by Crippen LogP contribution is -2.47. The third-order valence-corrected chi connectivity index (χ3v) is 7.31. The number of rotatable bonds is 5. The maximum Gasteiger partial charge on any atom is 0.242 e. The molecule has 2 aromatic heterocycles. The summed E-state index contributed by atoms with van der Waals surface area (Å²) >= 11 is 0. The first-order valence-corrected chi connectivity index (χ1v) is 12.6. The lowest BCUT2D eigenvalue weighted by Gasteiger charge is -2.30. The van der Waals surface area contributed by atoms with Crippen LogP contribution >= 0.6 is 13.5 Å². The predicted octanol–water partition coefficient (Wildman–Crippen LogP) is 2.61. The molecule has 3 aromatic rings. The van der Waals surface area contributed by atoms with Crippen molar-refractivity contribution in [2.24, 2.45) is 0 Å². The van der Waals surface area contributed by atoms with Gasteiger partial charge in [-0.2, -0.15) is 17.8 Å². The highest BCUT2D eigenvalue weighted by molar-refractivity contribution is 7.88. The smallest absolute Gasteiger partial charge is 0.242 e. The van der Waals surface area contributed by atoms with Gasteiger partial charge in [0.05, 0.1) is 36.3 Å². The maximum absolute atomic E-state index is 11.9. The molecule has 0 aliphatic carbocycles. The fourth-order valence-electron chi connectivity index (χ4n) is 4.25. The van der Waals surface area contributed by atoms with Crippen molar-refractivity contribution in [3.8, 4) is 17.1 Å². The van der Waals surface area contributed by atoms with Crippen molar-refractivity contribution in [1.82, 2.24) is 19.3 Å². The number of fused-ring (bicyclic) bond motifs is 2. The molecule has 0 unspecified atom stereocenters. The van der Waals surface area contributed by atoms with Crippen LogP contribution in [0.2, 0.25) is 0 Å². The molecule has 1 aromatic carbocycles. The minimum atomic E-state index is -3.28. The van der Waals surface area contributed by atoms with E-state index in [0.717, 1.165) is 11.1 Å². The standard InChI is InChI=1S/C23H26N4O5S.H2S/c1-23(2)18-5-4-15(10-16(18)13-32-23)19-11-20-21(25-7-6-24-20)22(26-19)31-14-17-12-27(8-9-30-17)33(3,28)29;/h4-7,10-11,17H,8-9,12-14H2,1-3H3;1H2/t17-;/m0./s1. The quantitative estimate of drug-likeness (QED) is 0.522. The molecule has 0 bridgehead atoms. The van der Waals surface area contributed by atoms with E-state index in [1.807, 2.05) is 12.1 Å². The number of ether oxygens (including phenoxy) is 3. The van der Waals surface area contributed by atoms with Gasteiger partial charge in [0.25, 0.3) is 0 Å². The Morgan fingerprint density at radius 2 is 2.00 bits per heavy atom. The molecule has 0 spiro atoms. The Balaban J connectivity index is 0.00000274. The molecule has 182 valence electrons. The monoisotopic (exact) mass is 504 g/mol. The Hall–Kier alpha value is -2.31. The van der Waals surface area contributed by atoms with Gasteiger partial charge in [0.1, 0.15) is 12.7 Å². The Labute approximate surface area is 206 Å². The normalized spacial score (nSPS) is 20.0. The fourth-order valence-corrected chi connectivity index (χ4v) is 5.10. The zero-order valence-corrected chi connectivity index (χ0v) is 21.1. The van der Waals surface area contributed by atoms with E-state index in [9.17, 15) is 8.42 Å². The molecular weight excluding hydrogens is 476 g/mol. The van der Waals surface area contributed by atoms with E-state index in [1.165, 1.54) is 16.1 Å². The first-order valence-electron chi connectivity index (χ1n) is 10.8. The first-order chi connectivity index (χ1) is 15.7. The summed E-state index contributed by atoms with van der Waals surface area (Å²) in [5.41, 5.74) is 4.87. The minimum absolute atomic E-state index is 0. The number of hydrogen-bond donors (Lipinski definition) is 0. The van der Waals surface area contributed by atoms with Gasteiger partial charge in [0.2, 0.25) is 15.9 Å². The minimum Gasteiger partial charge on any atom is -0.473 e. The van der Waals surface area contributed by atoms with Crippen molar-refractivity contribution >= 4 is 34.6 Å². The number of benzene rings is 1. The highest BCUT2D eigenvalue weighted by Crippen LogP contribution is 2.38. The average Bonchev–Trinajstić information content (AvgIpc) is 3.11. The summed E-state index contributed by atoms with van der Waals surface area (Å²) in [7, 11) is -3.28. The molecule has 0 N–H and O–H groups in total.